The van der Waals surface area contributed by atoms with E-state index in [1.165, 1.54) is 25.7 Å². The van der Waals surface area contributed by atoms with Crippen LogP contribution >= 0.6 is 0 Å². The average molecular weight is 184 g/mol. The maximum Gasteiger partial charge on any atom is 0.128 e. The van der Waals surface area contributed by atoms with Gasteiger partial charge in [0.15, 0.2) is 0 Å². The molecule has 13 heavy (non-hydrogen) atoms. The number of hydrogen-bond acceptors (Lipinski definition) is 2. The summed E-state index contributed by atoms with van der Waals surface area (Å²) in [5.41, 5.74) is -0.189. The highest BCUT2D eigenvalue weighted by Crippen LogP contribution is 2.37. The number of aldehydes is 1. The molecule has 1 fully saturated rings. The molecule has 2 heteroatoms. The lowest BCUT2D eigenvalue weighted by Gasteiger charge is -2.31. The molecule has 1 aliphatic rings. The zero-order valence-corrected chi connectivity index (χ0v) is 8.71. The minimum atomic E-state index is -0.189. The standard InChI is InChI=1S/C11H20O2/c1-10(13-2)11(9-12)7-5-3-4-6-8-11/h9-10H,3-8H2,1-2H3. The molecule has 0 N–H and O–H groups in total. The first-order valence-electron chi connectivity index (χ1n) is 5.24. The van der Waals surface area contributed by atoms with Crippen molar-refractivity contribution in [3.63, 3.8) is 0 Å². The van der Waals surface area contributed by atoms with Gasteiger partial charge in [-0.3, -0.25) is 0 Å². The Morgan fingerprint density at radius 1 is 1.23 bits per heavy atom. The fraction of sp³-hybridized carbons (Fsp3) is 0.909. The topological polar surface area (TPSA) is 26.3 Å². The van der Waals surface area contributed by atoms with E-state index in [2.05, 4.69) is 0 Å². The second kappa shape index (κ2) is 4.75. The Balaban J connectivity index is 2.69. The second-order valence-corrected chi connectivity index (χ2v) is 4.14. The summed E-state index contributed by atoms with van der Waals surface area (Å²) in [6, 6.07) is 0. The van der Waals surface area contributed by atoms with Gasteiger partial charge in [-0.1, -0.05) is 25.7 Å². The molecule has 0 bridgehead atoms. The van der Waals surface area contributed by atoms with Crippen LogP contribution in [0.2, 0.25) is 0 Å². The van der Waals surface area contributed by atoms with Gasteiger partial charge < -0.3 is 9.53 Å². The molecule has 0 aromatic heterocycles. The van der Waals surface area contributed by atoms with Gasteiger partial charge in [0.1, 0.15) is 6.29 Å². The molecule has 1 rings (SSSR count). The first-order chi connectivity index (χ1) is 6.25. The zero-order valence-electron chi connectivity index (χ0n) is 8.71. The maximum absolute atomic E-state index is 11.2. The van der Waals surface area contributed by atoms with E-state index in [4.69, 9.17) is 4.74 Å². The second-order valence-electron chi connectivity index (χ2n) is 4.14. The average Bonchev–Trinajstić information content (AvgIpc) is 2.42. The summed E-state index contributed by atoms with van der Waals surface area (Å²) in [4.78, 5) is 11.2. The van der Waals surface area contributed by atoms with Crippen molar-refractivity contribution in [1.29, 1.82) is 0 Å². The minimum absolute atomic E-state index is 0.0723. The summed E-state index contributed by atoms with van der Waals surface area (Å²) in [6.45, 7) is 2.01. The molecule has 0 radical (unpaired) electrons. The summed E-state index contributed by atoms with van der Waals surface area (Å²) in [5, 5.41) is 0. The van der Waals surface area contributed by atoms with Gasteiger partial charge in [-0.2, -0.15) is 0 Å². The highest BCUT2D eigenvalue weighted by Gasteiger charge is 2.36. The Morgan fingerprint density at radius 3 is 2.15 bits per heavy atom. The van der Waals surface area contributed by atoms with Gasteiger partial charge in [0, 0.05) is 7.11 Å². The molecule has 1 aliphatic carbocycles. The van der Waals surface area contributed by atoms with Gasteiger partial charge >= 0.3 is 0 Å². The van der Waals surface area contributed by atoms with Gasteiger partial charge in [-0.15, -0.1) is 0 Å². The molecule has 2 nitrogen and oxygen atoms in total. The van der Waals surface area contributed by atoms with Crippen LogP contribution in [0.15, 0.2) is 0 Å². The number of carbonyl (C=O) groups excluding carboxylic acids is 1. The van der Waals surface area contributed by atoms with Crippen LogP contribution in [0, 0.1) is 5.41 Å². The quantitative estimate of drug-likeness (QED) is 0.497. The van der Waals surface area contributed by atoms with E-state index in [0.717, 1.165) is 19.1 Å². The molecule has 1 unspecified atom stereocenters. The summed E-state index contributed by atoms with van der Waals surface area (Å²) >= 11 is 0. The molecule has 0 aromatic carbocycles. The molecular weight excluding hydrogens is 164 g/mol. The van der Waals surface area contributed by atoms with Crippen molar-refractivity contribution in [3.05, 3.63) is 0 Å². The number of ether oxygens (including phenoxy) is 1. The Bertz CT molecular complexity index is 157. The fourth-order valence-corrected chi connectivity index (χ4v) is 2.24. The molecule has 0 saturated heterocycles. The van der Waals surface area contributed by atoms with E-state index < -0.39 is 0 Å². The maximum atomic E-state index is 11.2. The van der Waals surface area contributed by atoms with Crippen LogP contribution in [0.5, 0.6) is 0 Å². The van der Waals surface area contributed by atoms with Crippen molar-refractivity contribution in [2.24, 2.45) is 5.41 Å². The van der Waals surface area contributed by atoms with Crippen LogP contribution in [-0.2, 0) is 9.53 Å². The molecule has 1 saturated carbocycles. The number of rotatable bonds is 3. The summed E-state index contributed by atoms with van der Waals surface area (Å²) < 4.78 is 5.31. The molecule has 0 heterocycles. The largest absolute Gasteiger partial charge is 0.381 e. The normalized spacial score (nSPS) is 24.8. The Hall–Kier alpha value is -0.370. The smallest absolute Gasteiger partial charge is 0.128 e. The van der Waals surface area contributed by atoms with Gasteiger partial charge in [-0.25, -0.2) is 0 Å². The van der Waals surface area contributed by atoms with Gasteiger partial charge in [0.25, 0.3) is 0 Å². The number of carbonyl (C=O) groups is 1. The first-order valence-corrected chi connectivity index (χ1v) is 5.24. The number of methoxy groups -OCH3 is 1. The zero-order chi connectivity index (χ0) is 9.73. The lowest BCUT2D eigenvalue weighted by Crippen LogP contribution is -2.35. The molecule has 0 spiro atoms. The third-order valence-corrected chi connectivity index (χ3v) is 3.43. The highest BCUT2D eigenvalue weighted by atomic mass is 16.5. The van der Waals surface area contributed by atoms with Crippen LogP contribution in [0.1, 0.15) is 45.4 Å². The summed E-state index contributed by atoms with van der Waals surface area (Å²) in [6.07, 6.45) is 8.10. The van der Waals surface area contributed by atoms with E-state index in [0.29, 0.717) is 0 Å². The van der Waals surface area contributed by atoms with Crippen molar-refractivity contribution < 1.29 is 9.53 Å². The van der Waals surface area contributed by atoms with Gasteiger partial charge in [-0.05, 0) is 19.8 Å². The molecule has 0 aliphatic heterocycles. The predicted molar refractivity (Wildman–Crippen MR) is 52.7 cm³/mol. The van der Waals surface area contributed by atoms with E-state index in [-0.39, 0.29) is 11.5 Å². The van der Waals surface area contributed by atoms with E-state index in [1.807, 2.05) is 6.92 Å². The van der Waals surface area contributed by atoms with E-state index in [1.54, 1.807) is 7.11 Å². The minimum Gasteiger partial charge on any atom is -0.381 e. The Kier molecular flexibility index (Phi) is 3.91. The first kappa shape index (κ1) is 10.7. The van der Waals surface area contributed by atoms with Crippen LogP contribution in [0.4, 0.5) is 0 Å². The van der Waals surface area contributed by atoms with Crippen molar-refractivity contribution >= 4 is 6.29 Å². The molecular formula is C11H20O2. The van der Waals surface area contributed by atoms with Crippen molar-refractivity contribution in [3.8, 4) is 0 Å². The Morgan fingerprint density at radius 2 is 1.77 bits per heavy atom. The molecule has 76 valence electrons. The lowest BCUT2D eigenvalue weighted by atomic mass is 9.77. The van der Waals surface area contributed by atoms with Crippen molar-refractivity contribution in [2.45, 2.75) is 51.6 Å². The van der Waals surface area contributed by atoms with Crippen molar-refractivity contribution in [1.82, 2.24) is 0 Å². The van der Waals surface area contributed by atoms with Crippen LogP contribution in [0.3, 0.4) is 0 Å². The predicted octanol–water partition coefficient (Wildman–Crippen LogP) is 2.56. The monoisotopic (exact) mass is 184 g/mol. The van der Waals surface area contributed by atoms with Crippen molar-refractivity contribution in [2.75, 3.05) is 7.11 Å². The molecule has 0 amide bonds. The Labute approximate surface area is 80.7 Å². The van der Waals surface area contributed by atoms with E-state index in [9.17, 15) is 4.79 Å². The van der Waals surface area contributed by atoms with Crippen LogP contribution < -0.4 is 0 Å². The third-order valence-electron chi connectivity index (χ3n) is 3.43. The number of hydrogen-bond donors (Lipinski definition) is 0. The third kappa shape index (κ3) is 2.31. The van der Waals surface area contributed by atoms with E-state index >= 15 is 0 Å². The van der Waals surface area contributed by atoms with Gasteiger partial charge in [0.05, 0.1) is 11.5 Å². The van der Waals surface area contributed by atoms with Gasteiger partial charge in [0.2, 0.25) is 0 Å². The van der Waals surface area contributed by atoms with Crippen LogP contribution in [-0.4, -0.2) is 19.5 Å². The fourth-order valence-electron chi connectivity index (χ4n) is 2.24. The summed E-state index contributed by atoms with van der Waals surface area (Å²) in [7, 11) is 1.70. The summed E-state index contributed by atoms with van der Waals surface area (Å²) in [5.74, 6) is 0. The van der Waals surface area contributed by atoms with Crippen LogP contribution in [0.25, 0.3) is 0 Å². The highest BCUT2D eigenvalue weighted by molar-refractivity contribution is 5.60. The SMILES string of the molecule is COC(C)C1(C=O)CCCCCC1. The molecule has 0 aromatic rings. The lowest BCUT2D eigenvalue weighted by molar-refractivity contribution is -0.124. The molecule has 1 atom stereocenters.